The lowest BCUT2D eigenvalue weighted by Crippen LogP contribution is -2.42. The van der Waals surface area contributed by atoms with E-state index in [-0.39, 0.29) is 24.0 Å². The number of hydrogen-bond donors (Lipinski definition) is 0. The standard InChI is InChI=1S/C10H10N2O4/c1-15-10(14)12-8(13)4-6-2-3-7(5-11)16-9(6)12/h3,6,9H,2,4H2,1H3/t6-,9-/m1/s1. The Hall–Kier alpha value is -2.03. The molecule has 0 aliphatic carbocycles. The minimum absolute atomic E-state index is 0.0799. The van der Waals surface area contributed by atoms with Gasteiger partial charge in [0.15, 0.2) is 12.0 Å². The number of nitriles is 1. The number of hydrogen-bond acceptors (Lipinski definition) is 5. The van der Waals surface area contributed by atoms with Gasteiger partial charge in [0.25, 0.3) is 0 Å². The van der Waals surface area contributed by atoms with Gasteiger partial charge in [-0.25, -0.2) is 9.69 Å². The number of carbonyl (C=O) groups excluding carboxylic acids is 2. The van der Waals surface area contributed by atoms with E-state index in [1.165, 1.54) is 7.11 Å². The molecule has 0 bridgehead atoms. The van der Waals surface area contributed by atoms with Crippen LogP contribution < -0.4 is 0 Å². The number of amides is 2. The van der Waals surface area contributed by atoms with Crippen LogP contribution in [0.1, 0.15) is 12.8 Å². The van der Waals surface area contributed by atoms with Gasteiger partial charge in [0.1, 0.15) is 6.07 Å². The zero-order valence-corrected chi connectivity index (χ0v) is 8.67. The van der Waals surface area contributed by atoms with Crippen molar-refractivity contribution in [3.63, 3.8) is 0 Å². The van der Waals surface area contributed by atoms with Gasteiger partial charge in [0.2, 0.25) is 5.91 Å². The lowest BCUT2D eigenvalue weighted by atomic mass is 10.0. The van der Waals surface area contributed by atoms with Crippen molar-refractivity contribution in [3.8, 4) is 6.07 Å². The van der Waals surface area contributed by atoms with Gasteiger partial charge >= 0.3 is 6.09 Å². The maximum Gasteiger partial charge on any atom is 0.419 e. The summed E-state index contributed by atoms with van der Waals surface area (Å²) in [5.74, 6) is -0.261. The van der Waals surface area contributed by atoms with E-state index in [0.717, 1.165) is 4.90 Å². The first-order valence-electron chi connectivity index (χ1n) is 4.84. The minimum atomic E-state index is -0.739. The van der Waals surface area contributed by atoms with E-state index < -0.39 is 12.3 Å². The maximum atomic E-state index is 11.6. The molecule has 2 heterocycles. The van der Waals surface area contributed by atoms with Crippen molar-refractivity contribution in [1.82, 2.24) is 4.90 Å². The molecule has 0 saturated carbocycles. The van der Waals surface area contributed by atoms with Crippen LogP contribution in [0.5, 0.6) is 0 Å². The summed E-state index contributed by atoms with van der Waals surface area (Å²) < 4.78 is 9.78. The monoisotopic (exact) mass is 222 g/mol. The quantitative estimate of drug-likeness (QED) is 0.604. The lowest BCUT2D eigenvalue weighted by molar-refractivity contribution is -0.131. The van der Waals surface area contributed by atoms with Gasteiger partial charge in [-0.3, -0.25) is 4.79 Å². The average Bonchev–Trinajstić information content (AvgIpc) is 2.63. The Bertz CT molecular complexity index is 410. The number of nitrogens with zero attached hydrogens (tertiary/aromatic N) is 2. The summed E-state index contributed by atoms with van der Waals surface area (Å²) in [5.41, 5.74) is 0. The number of fused-ring (bicyclic) bond motifs is 1. The number of likely N-dealkylation sites (tertiary alicyclic amines) is 1. The predicted octanol–water partition coefficient (Wildman–Crippen LogP) is 0.755. The van der Waals surface area contributed by atoms with Crippen LogP contribution in [-0.2, 0) is 14.3 Å². The van der Waals surface area contributed by atoms with Crippen molar-refractivity contribution < 1.29 is 19.1 Å². The molecule has 2 amide bonds. The van der Waals surface area contributed by atoms with Crippen LogP contribution in [0.2, 0.25) is 0 Å². The molecule has 1 saturated heterocycles. The lowest BCUT2D eigenvalue weighted by Gasteiger charge is -2.28. The van der Waals surface area contributed by atoms with Gasteiger partial charge in [0, 0.05) is 12.3 Å². The molecule has 0 aromatic carbocycles. The predicted molar refractivity (Wildman–Crippen MR) is 50.5 cm³/mol. The Labute approximate surface area is 92.0 Å². The van der Waals surface area contributed by atoms with Crippen LogP contribution in [0, 0.1) is 17.2 Å². The van der Waals surface area contributed by atoms with Crippen molar-refractivity contribution in [2.75, 3.05) is 7.11 Å². The largest absolute Gasteiger partial charge is 0.460 e. The summed E-state index contributed by atoms with van der Waals surface area (Å²) in [6, 6.07) is 1.86. The summed E-state index contributed by atoms with van der Waals surface area (Å²) in [4.78, 5) is 23.9. The number of ether oxygens (including phenoxy) is 2. The van der Waals surface area contributed by atoms with Crippen LogP contribution in [-0.4, -0.2) is 30.2 Å². The highest BCUT2D eigenvalue weighted by Gasteiger charge is 2.47. The molecule has 0 N–H and O–H groups in total. The topological polar surface area (TPSA) is 79.6 Å². The Morgan fingerprint density at radius 2 is 2.50 bits per heavy atom. The molecule has 0 unspecified atom stereocenters. The highest BCUT2D eigenvalue weighted by molar-refractivity contribution is 5.94. The van der Waals surface area contributed by atoms with Gasteiger partial charge in [-0.05, 0) is 12.5 Å². The molecule has 0 spiro atoms. The molecule has 2 rings (SSSR count). The fourth-order valence-corrected chi connectivity index (χ4v) is 1.94. The van der Waals surface area contributed by atoms with Crippen LogP contribution in [0.15, 0.2) is 11.8 Å². The normalized spacial score (nSPS) is 27.6. The fraction of sp³-hybridized carbons (Fsp3) is 0.500. The Morgan fingerprint density at radius 1 is 1.75 bits per heavy atom. The molecule has 0 radical (unpaired) electrons. The van der Waals surface area contributed by atoms with Gasteiger partial charge in [0.05, 0.1) is 7.11 Å². The van der Waals surface area contributed by atoms with E-state index in [2.05, 4.69) is 4.74 Å². The summed E-state index contributed by atoms with van der Waals surface area (Å²) in [6.45, 7) is 0. The number of imide groups is 1. The van der Waals surface area contributed by atoms with E-state index in [1.807, 2.05) is 6.07 Å². The molecule has 2 aliphatic heterocycles. The highest BCUT2D eigenvalue weighted by atomic mass is 16.6. The molecule has 84 valence electrons. The third-order valence-electron chi connectivity index (χ3n) is 2.70. The zero-order valence-electron chi connectivity index (χ0n) is 8.67. The first-order chi connectivity index (χ1) is 7.67. The fourth-order valence-electron chi connectivity index (χ4n) is 1.94. The summed E-state index contributed by atoms with van der Waals surface area (Å²) >= 11 is 0. The number of allylic oxidation sites excluding steroid dienone is 2. The Balaban J connectivity index is 2.23. The Morgan fingerprint density at radius 3 is 3.12 bits per heavy atom. The first-order valence-corrected chi connectivity index (χ1v) is 4.84. The van der Waals surface area contributed by atoms with Gasteiger partial charge in [-0.2, -0.15) is 5.26 Å². The third-order valence-corrected chi connectivity index (χ3v) is 2.70. The molecule has 2 atom stereocenters. The summed E-state index contributed by atoms with van der Waals surface area (Å²) in [5, 5.41) is 8.70. The first kappa shape index (κ1) is 10.5. The van der Waals surface area contributed by atoms with E-state index in [1.54, 1.807) is 6.08 Å². The Kier molecular flexibility index (Phi) is 2.52. The van der Waals surface area contributed by atoms with Crippen molar-refractivity contribution in [2.24, 2.45) is 5.92 Å². The highest BCUT2D eigenvalue weighted by Crippen LogP contribution is 2.34. The van der Waals surface area contributed by atoms with Gasteiger partial charge in [-0.1, -0.05) is 0 Å². The minimum Gasteiger partial charge on any atom is -0.460 e. The summed E-state index contributed by atoms with van der Waals surface area (Å²) in [6.07, 6.45) is 1.01. The van der Waals surface area contributed by atoms with E-state index in [4.69, 9.17) is 10.00 Å². The molecular weight excluding hydrogens is 212 g/mol. The third kappa shape index (κ3) is 1.50. The second-order valence-electron chi connectivity index (χ2n) is 3.62. The molecule has 0 aromatic heterocycles. The molecule has 6 nitrogen and oxygen atoms in total. The molecule has 1 fully saturated rings. The molecule has 2 aliphatic rings. The SMILES string of the molecule is COC(=O)N1C(=O)C[C@H]2CC=C(C#N)O[C@H]21. The van der Waals surface area contributed by atoms with E-state index in [9.17, 15) is 9.59 Å². The van der Waals surface area contributed by atoms with E-state index >= 15 is 0 Å². The van der Waals surface area contributed by atoms with Crippen molar-refractivity contribution >= 4 is 12.0 Å². The van der Waals surface area contributed by atoms with Crippen molar-refractivity contribution in [1.29, 1.82) is 5.26 Å². The van der Waals surface area contributed by atoms with Crippen molar-refractivity contribution in [2.45, 2.75) is 19.1 Å². The summed E-state index contributed by atoms with van der Waals surface area (Å²) in [7, 11) is 1.20. The smallest absolute Gasteiger partial charge is 0.419 e. The molecule has 6 heteroatoms. The second kappa shape index (κ2) is 3.85. The van der Waals surface area contributed by atoms with Crippen molar-refractivity contribution in [3.05, 3.63) is 11.8 Å². The number of methoxy groups -OCH3 is 1. The zero-order chi connectivity index (χ0) is 11.7. The van der Waals surface area contributed by atoms with Gasteiger partial charge in [-0.15, -0.1) is 0 Å². The van der Waals surface area contributed by atoms with Crippen LogP contribution >= 0.6 is 0 Å². The molecule has 0 aromatic rings. The van der Waals surface area contributed by atoms with Crippen LogP contribution in [0.4, 0.5) is 4.79 Å². The van der Waals surface area contributed by atoms with Crippen LogP contribution in [0.3, 0.4) is 0 Å². The average molecular weight is 222 g/mol. The molecular formula is C10H10N2O4. The van der Waals surface area contributed by atoms with Gasteiger partial charge < -0.3 is 9.47 Å². The maximum absolute atomic E-state index is 11.6. The number of carbonyl (C=O) groups is 2. The van der Waals surface area contributed by atoms with Crippen LogP contribution in [0.25, 0.3) is 0 Å². The second-order valence-corrected chi connectivity index (χ2v) is 3.62. The number of rotatable bonds is 0. The molecule has 16 heavy (non-hydrogen) atoms. The van der Waals surface area contributed by atoms with E-state index in [0.29, 0.717) is 6.42 Å².